The third-order valence-electron chi connectivity index (χ3n) is 4.69. The molecule has 4 rings (SSSR count). The summed E-state index contributed by atoms with van der Waals surface area (Å²) in [6.07, 6.45) is 0.816. The second kappa shape index (κ2) is 7.61. The largest absolute Gasteiger partial charge is 0.472 e. The van der Waals surface area contributed by atoms with Crippen LogP contribution in [-0.2, 0) is 0 Å². The topological polar surface area (TPSA) is 85.7 Å². The van der Waals surface area contributed by atoms with E-state index in [1.165, 1.54) is 29.4 Å². The molecule has 1 amide bonds. The van der Waals surface area contributed by atoms with Gasteiger partial charge in [0.15, 0.2) is 5.69 Å². The van der Waals surface area contributed by atoms with E-state index in [1.807, 2.05) is 0 Å². The van der Waals surface area contributed by atoms with E-state index in [2.05, 4.69) is 14.8 Å². The Hall–Kier alpha value is -3.70. The van der Waals surface area contributed by atoms with E-state index >= 15 is 4.39 Å². The van der Waals surface area contributed by atoms with Gasteiger partial charge in [-0.3, -0.25) is 4.79 Å². The Morgan fingerprint density at radius 3 is 2.77 bits per heavy atom. The molecule has 2 aromatic carbocycles. The van der Waals surface area contributed by atoms with Crippen molar-refractivity contribution in [3.63, 3.8) is 0 Å². The first-order chi connectivity index (χ1) is 14.4. The van der Waals surface area contributed by atoms with Crippen LogP contribution >= 0.6 is 11.6 Å². The molecule has 30 heavy (non-hydrogen) atoms. The van der Waals surface area contributed by atoms with E-state index in [1.54, 1.807) is 25.1 Å². The molecule has 0 unspecified atom stereocenters. The van der Waals surface area contributed by atoms with Crippen LogP contribution < -0.4 is 15.4 Å². The Kier molecular flexibility index (Phi) is 4.98. The number of aromatic nitrogens is 2. The first kappa shape index (κ1) is 19.6. The molecule has 0 aliphatic carbocycles. The van der Waals surface area contributed by atoms with Gasteiger partial charge in [0.25, 0.3) is 5.91 Å². The van der Waals surface area contributed by atoms with Crippen LogP contribution in [0.1, 0.15) is 17.3 Å². The number of ether oxygens (including phenoxy) is 1. The molecule has 2 N–H and O–H groups in total. The first-order valence-corrected chi connectivity index (χ1v) is 9.32. The highest BCUT2D eigenvalue weighted by Crippen LogP contribution is 2.36. The lowest BCUT2D eigenvalue weighted by molar-refractivity contribution is 0.0988. The lowest BCUT2D eigenvalue weighted by Crippen LogP contribution is -2.36. The second-order valence-electron chi connectivity index (χ2n) is 6.72. The van der Waals surface area contributed by atoms with E-state index in [4.69, 9.17) is 28.6 Å². The van der Waals surface area contributed by atoms with Crippen LogP contribution in [0.15, 0.2) is 42.7 Å². The molecule has 3 aromatic rings. The number of amides is 1. The molecule has 0 spiro atoms. The lowest BCUT2D eigenvalue weighted by Gasteiger charge is -2.23. The summed E-state index contributed by atoms with van der Waals surface area (Å²) in [5.41, 5.74) is 7.12. The highest BCUT2D eigenvalue weighted by Gasteiger charge is 2.32. The molecule has 2 heterocycles. The molecule has 150 valence electrons. The number of hydrogen-bond donors (Lipinski definition) is 1. The predicted octanol–water partition coefficient (Wildman–Crippen LogP) is 4.50. The lowest BCUT2D eigenvalue weighted by atomic mass is 10.0. The van der Waals surface area contributed by atoms with Crippen LogP contribution in [0.25, 0.3) is 16.0 Å². The van der Waals surface area contributed by atoms with E-state index in [0.717, 1.165) is 0 Å². The molecule has 0 saturated carbocycles. The average molecular weight is 424 g/mol. The Balaban J connectivity index is 1.77. The van der Waals surface area contributed by atoms with Gasteiger partial charge in [-0.05, 0) is 36.8 Å². The first-order valence-electron chi connectivity index (χ1n) is 8.95. The number of nitrogen functional groups attached to an aromatic ring is 1. The van der Waals surface area contributed by atoms with Crippen LogP contribution in [-0.4, -0.2) is 28.5 Å². The summed E-state index contributed by atoms with van der Waals surface area (Å²) in [5, 5.41) is 0.393. The van der Waals surface area contributed by atoms with Crippen molar-refractivity contribution >= 4 is 34.7 Å². The van der Waals surface area contributed by atoms with E-state index < -0.39 is 17.8 Å². The Morgan fingerprint density at radius 2 is 2.03 bits per heavy atom. The van der Waals surface area contributed by atoms with Crippen molar-refractivity contribution in [2.75, 3.05) is 17.2 Å². The maximum absolute atomic E-state index is 15.1. The van der Waals surface area contributed by atoms with Gasteiger partial charge in [0.1, 0.15) is 29.6 Å². The number of rotatable bonds is 2. The van der Waals surface area contributed by atoms with Gasteiger partial charge in [-0.2, -0.15) is 0 Å². The van der Waals surface area contributed by atoms with E-state index in [0.29, 0.717) is 16.3 Å². The number of halogens is 2. The van der Waals surface area contributed by atoms with Crippen molar-refractivity contribution < 1.29 is 13.9 Å². The number of carbonyl (C=O) groups excluding carboxylic acids is 1. The Morgan fingerprint density at radius 1 is 1.27 bits per heavy atom. The van der Waals surface area contributed by atoms with Gasteiger partial charge in [0.2, 0.25) is 5.88 Å². The van der Waals surface area contributed by atoms with Gasteiger partial charge in [-0.15, -0.1) is 0 Å². The van der Waals surface area contributed by atoms with Crippen LogP contribution in [0.2, 0.25) is 5.02 Å². The van der Waals surface area contributed by atoms with Crippen LogP contribution in [0.4, 0.5) is 21.6 Å². The quantitative estimate of drug-likeness (QED) is 0.613. The van der Waals surface area contributed by atoms with Crippen LogP contribution in [0.3, 0.4) is 0 Å². The van der Waals surface area contributed by atoms with Crippen LogP contribution in [0, 0.1) is 12.4 Å². The second-order valence-corrected chi connectivity index (χ2v) is 7.16. The summed E-state index contributed by atoms with van der Waals surface area (Å²) in [7, 11) is 0. The number of nitrogens with two attached hydrogens (primary N) is 1. The Bertz CT molecular complexity index is 1210. The number of anilines is 2. The molecular formula is C21H15ClFN5O2. The normalized spacial score (nSPS) is 15.7. The summed E-state index contributed by atoms with van der Waals surface area (Å²) in [5.74, 6) is -0.970. The van der Waals surface area contributed by atoms with Crippen molar-refractivity contribution in [2.24, 2.45) is 0 Å². The molecule has 0 fully saturated rings. The predicted molar refractivity (Wildman–Crippen MR) is 111 cm³/mol. The molecular weight excluding hydrogens is 409 g/mol. The molecule has 0 saturated heterocycles. The van der Waals surface area contributed by atoms with Gasteiger partial charge in [-0.25, -0.2) is 19.2 Å². The zero-order chi connectivity index (χ0) is 21.4. The molecule has 9 heteroatoms. The molecule has 0 radical (unpaired) electrons. The zero-order valence-corrected chi connectivity index (χ0v) is 16.5. The molecule has 7 nitrogen and oxygen atoms in total. The molecule has 0 bridgehead atoms. The SMILES string of the molecule is [C-]#[N+]c1cc(Cl)ccc1-c1ccc(N2C[C@@H](C)Oc3ncnc(N)c3C2=O)cc1F. The summed E-state index contributed by atoms with van der Waals surface area (Å²) >= 11 is 5.94. The summed E-state index contributed by atoms with van der Waals surface area (Å²) < 4.78 is 20.7. The minimum Gasteiger partial charge on any atom is -0.472 e. The fourth-order valence-corrected chi connectivity index (χ4v) is 3.48. The fraction of sp³-hybridized carbons (Fsp3) is 0.143. The highest BCUT2D eigenvalue weighted by molar-refractivity contribution is 6.31. The summed E-state index contributed by atoms with van der Waals surface area (Å²) in [6, 6.07) is 9.04. The van der Waals surface area contributed by atoms with Crippen molar-refractivity contribution in [1.82, 2.24) is 9.97 Å². The van der Waals surface area contributed by atoms with Gasteiger partial charge in [-0.1, -0.05) is 23.7 Å². The molecule has 1 atom stereocenters. The van der Waals surface area contributed by atoms with Crippen molar-refractivity contribution in [1.29, 1.82) is 0 Å². The molecule has 1 aromatic heterocycles. The number of hydrogen-bond acceptors (Lipinski definition) is 5. The summed E-state index contributed by atoms with van der Waals surface area (Å²) in [6.45, 7) is 9.26. The summed E-state index contributed by atoms with van der Waals surface area (Å²) in [4.78, 5) is 25.8. The van der Waals surface area contributed by atoms with Crippen molar-refractivity contribution in [3.8, 4) is 17.0 Å². The van der Waals surface area contributed by atoms with Gasteiger partial charge in [0.05, 0.1) is 13.1 Å². The number of benzene rings is 2. The fourth-order valence-electron chi connectivity index (χ4n) is 3.31. The minimum atomic E-state index is -0.581. The number of fused-ring (bicyclic) bond motifs is 1. The van der Waals surface area contributed by atoms with Crippen molar-refractivity contribution in [3.05, 3.63) is 70.5 Å². The zero-order valence-electron chi connectivity index (χ0n) is 15.8. The Labute approximate surface area is 176 Å². The van der Waals surface area contributed by atoms with Crippen LogP contribution in [0.5, 0.6) is 5.88 Å². The molecule has 1 aliphatic rings. The van der Waals surface area contributed by atoms with E-state index in [-0.39, 0.29) is 35.1 Å². The van der Waals surface area contributed by atoms with Crippen molar-refractivity contribution in [2.45, 2.75) is 13.0 Å². The third-order valence-corrected chi connectivity index (χ3v) is 4.92. The maximum Gasteiger partial charge on any atom is 0.267 e. The van der Waals surface area contributed by atoms with Gasteiger partial charge in [0, 0.05) is 16.3 Å². The van der Waals surface area contributed by atoms with Gasteiger partial charge < -0.3 is 15.4 Å². The van der Waals surface area contributed by atoms with E-state index in [9.17, 15) is 4.79 Å². The average Bonchev–Trinajstić information content (AvgIpc) is 2.84. The minimum absolute atomic E-state index is 0.0101. The highest BCUT2D eigenvalue weighted by atomic mass is 35.5. The maximum atomic E-state index is 15.1. The third kappa shape index (κ3) is 3.40. The number of carbonyl (C=O) groups is 1. The standard InChI is InChI=1S/C21H15ClFN5O2/c1-11-9-28(21(29)18-19(24)26-10-27-20(18)30-11)13-4-6-14(16(23)8-13)15-5-3-12(22)7-17(15)25-2/h3-8,10-11H,9H2,1H3,(H2,24,26,27)/t11-/m1/s1. The number of nitrogens with zero attached hydrogens (tertiary/aromatic N) is 4. The smallest absolute Gasteiger partial charge is 0.267 e. The monoisotopic (exact) mass is 423 g/mol. The molecule has 1 aliphatic heterocycles. The van der Waals surface area contributed by atoms with Gasteiger partial charge >= 0.3 is 0 Å².